The Bertz CT molecular complexity index is 3380. The Morgan fingerprint density at radius 1 is 0.850 bits per heavy atom. The Morgan fingerprint density at radius 3 is 2.12 bits per heavy atom. The minimum atomic E-state index is -6.01. The predicted octanol–water partition coefficient (Wildman–Crippen LogP) is 12.0. The van der Waals surface area contributed by atoms with Gasteiger partial charge in [0.05, 0.1) is 35.0 Å². The van der Waals surface area contributed by atoms with Gasteiger partial charge in [0.1, 0.15) is 4.90 Å². The van der Waals surface area contributed by atoms with E-state index in [2.05, 4.69) is 24.6 Å². The van der Waals surface area contributed by atoms with E-state index >= 15 is 4.57 Å². The number of anilines is 4. The number of phosphoric ester groups is 1. The van der Waals surface area contributed by atoms with Crippen LogP contribution in [0.3, 0.4) is 0 Å². The summed E-state index contributed by atoms with van der Waals surface area (Å²) in [4.78, 5) is 37.9. The molecule has 16 nitrogen and oxygen atoms in total. The molecule has 2 atom stereocenters. The fourth-order valence-corrected chi connectivity index (χ4v) is 16.0. The molecule has 0 amide bonds. The molecule has 4 N–H and O–H groups in total. The molecule has 0 aliphatic carbocycles. The maximum absolute atomic E-state index is 15.2. The molecule has 1 unspecified atom stereocenters. The second kappa shape index (κ2) is 24.6. The van der Waals surface area contributed by atoms with Crippen molar-refractivity contribution in [2.24, 2.45) is 0 Å². The van der Waals surface area contributed by atoms with E-state index in [0.29, 0.717) is 99.2 Å². The van der Waals surface area contributed by atoms with Gasteiger partial charge in [0.2, 0.25) is 0 Å². The number of aromatic carboxylic acids is 1. The van der Waals surface area contributed by atoms with Crippen LogP contribution in [0.15, 0.2) is 131 Å². The molecule has 3 aliphatic rings. The number of alkyl halides is 3. The zero-order valence-corrected chi connectivity index (χ0v) is 48.5. The van der Waals surface area contributed by atoms with Crippen LogP contribution in [0.2, 0.25) is 5.02 Å². The lowest BCUT2D eigenvalue weighted by Gasteiger charge is -2.39. The summed E-state index contributed by atoms with van der Waals surface area (Å²) in [7, 11) is -14.9. The number of hydrogen-bond donors (Lipinski definition) is 4. The first-order valence-corrected chi connectivity index (χ1v) is 32.3. The minimum Gasteiger partial charge on any atom is -0.478 e. The van der Waals surface area contributed by atoms with Crippen LogP contribution in [0.4, 0.5) is 35.9 Å². The monoisotopic (exact) mass is 1200 g/mol. The first kappa shape index (κ1) is 59.3. The highest BCUT2D eigenvalue weighted by Crippen LogP contribution is 2.55. The zero-order chi connectivity index (χ0) is 57.1. The van der Waals surface area contributed by atoms with E-state index in [-0.39, 0.29) is 35.7 Å². The fraction of sp³-hybridized carbons (Fsp3) is 0.375. The first-order valence-electron chi connectivity index (χ1n) is 26.3. The Kier molecular flexibility index (Phi) is 18.3. The SMILES string of the molecule is Cc1c(C(=O)O)c(-c2cccc(N3CCN(c4ccc(N5CCCOP5(=O)c5ccc(N[C@H](CCN6CCC(OP(=O)(O)O)CC6)CSc6ccccc6)c(S(=O)(=O)C(F)(F)F)c5)cc4)CC3)c2)c(-c2ccc(Cl)cc2)n1C(C)C. The highest BCUT2D eigenvalue weighted by Gasteiger charge is 2.49. The lowest BCUT2D eigenvalue weighted by atomic mass is 9.96. The average molecular weight is 1200 g/mol. The van der Waals surface area contributed by atoms with Crippen molar-refractivity contribution in [3.63, 3.8) is 0 Å². The molecular formula is C56H64ClF3N6O10P2S2. The maximum Gasteiger partial charge on any atom is 0.501 e. The highest BCUT2D eigenvalue weighted by molar-refractivity contribution is 7.99. The second-order valence-corrected chi connectivity index (χ2v) is 27.3. The van der Waals surface area contributed by atoms with Gasteiger partial charge in [0.25, 0.3) is 9.84 Å². The molecule has 9 rings (SSSR count). The van der Waals surface area contributed by atoms with Crippen LogP contribution in [0.1, 0.15) is 61.6 Å². The summed E-state index contributed by atoms with van der Waals surface area (Å²) in [6, 6.07) is 34.8. The third-order valence-electron chi connectivity index (χ3n) is 14.7. The van der Waals surface area contributed by atoms with E-state index in [0.717, 1.165) is 39.2 Å². The number of hydrogen-bond acceptors (Lipinski definition) is 12. The Labute approximate surface area is 473 Å². The van der Waals surface area contributed by atoms with Crippen molar-refractivity contribution in [3.05, 3.63) is 138 Å². The second-order valence-electron chi connectivity index (χ2n) is 20.4. The van der Waals surface area contributed by atoms with Crippen LogP contribution in [-0.4, -0.2) is 121 Å². The number of aromatic nitrogens is 1. The molecule has 4 heterocycles. The van der Waals surface area contributed by atoms with Crippen LogP contribution in [-0.2, 0) is 28.0 Å². The fourth-order valence-electron chi connectivity index (χ4n) is 10.9. The van der Waals surface area contributed by atoms with Gasteiger partial charge in [-0.05, 0) is 136 Å². The Balaban J connectivity index is 0.925. The zero-order valence-electron chi connectivity index (χ0n) is 44.3. The van der Waals surface area contributed by atoms with Crippen molar-refractivity contribution >= 4 is 82.6 Å². The van der Waals surface area contributed by atoms with Crippen LogP contribution < -0.4 is 25.1 Å². The van der Waals surface area contributed by atoms with Crippen molar-refractivity contribution in [2.45, 2.75) is 79.9 Å². The largest absolute Gasteiger partial charge is 0.501 e. The number of thioether (sulfide) groups is 1. The van der Waals surface area contributed by atoms with Gasteiger partial charge in [-0.15, -0.1) is 11.8 Å². The van der Waals surface area contributed by atoms with Gasteiger partial charge in [0, 0.05) is 108 Å². The van der Waals surface area contributed by atoms with E-state index in [4.69, 9.17) is 20.6 Å². The summed E-state index contributed by atoms with van der Waals surface area (Å²) in [6.45, 7) is 10.0. The quantitative estimate of drug-likeness (QED) is 0.0441. The van der Waals surface area contributed by atoms with Crippen LogP contribution in [0, 0.1) is 6.92 Å². The Hall–Kier alpha value is -5.31. The van der Waals surface area contributed by atoms with E-state index in [9.17, 15) is 45.8 Å². The van der Waals surface area contributed by atoms with Gasteiger partial charge in [-0.2, -0.15) is 13.2 Å². The first-order chi connectivity index (χ1) is 38.0. The molecule has 5 aromatic carbocycles. The molecule has 0 bridgehead atoms. The molecule has 3 fully saturated rings. The summed E-state index contributed by atoms with van der Waals surface area (Å²) in [6.07, 6.45) is 0.907. The van der Waals surface area contributed by atoms with Gasteiger partial charge in [0.15, 0.2) is 0 Å². The lowest BCUT2D eigenvalue weighted by Crippen LogP contribution is -2.46. The van der Waals surface area contributed by atoms with E-state index in [1.54, 1.807) is 24.3 Å². The van der Waals surface area contributed by atoms with E-state index < -0.39 is 53.7 Å². The number of halogens is 4. The summed E-state index contributed by atoms with van der Waals surface area (Å²) in [5, 5.41) is 14.1. The third kappa shape index (κ3) is 13.3. The van der Waals surface area contributed by atoms with E-state index in [1.165, 1.54) is 28.6 Å². The topological polar surface area (TPSA) is 194 Å². The van der Waals surface area contributed by atoms with Gasteiger partial charge in [-0.3, -0.25) is 13.8 Å². The molecular weight excluding hydrogens is 1140 g/mol. The van der Waals surface area contributed by atoms with Crippen LogP contribution in [0.5, 0.6) is 0 Å². The van der Waals surface area contributed by atoms with Crippen molar-refractivity contribution in [2.75, 3.05) is 84.5 Å². The van der Waals surface area contributed by atoms with Gasteiger partial charge >= 0.3 is 26.8 Å². The molecule has 3 saturated heterocycles. The number of rotatable bonds is 19. The Morgan fingerprint density at radius 2 is 1.50 bits per heavy atom. The van der Waals surface area contributed by atoms with Crippen LogP contribution in [0.25, 0.3) is 22.4 Å². The normalized spacial score (nSPS) is 18.4. The summed E-state index contributed by atoms with van der Waals surface area (Å²) in [5.41, 5.74) is 0.238. The number of nitrogens with one attached hydrogen (secondary N) is 1. The van der Waals surface area contributed by atoms with Crippen molar-refractivity contribution in [1.29, 1.82) is 0 Å². The van der Waals surface area contributed by atoms with Gasteiger partial charge in [-0.25, -0.2) is 17.8 Å². The smallest absolute Gasteiger partial charge is 0.478 e. The number of carbonyl (C=O) groups is 1. The minimum absolute atomic E-state index is 0.0242. The molecule has 428 valence electrons. The molecule has 0 radical (unpaired) electrons. The standard InChI is InChI=1S/C56H64ClF3N6O10P2S2/c1-38(2)66-39(3)52(55(67)68)53(54(66)40-13-15-42(57)16-14-40)41-9-7-10-46(35-41)64-32-30-63(31-33-64)44-17-19-45(20-18-44)65-26-8-34-75-77(65,69)48-21-22-50(51(36-48)80(73,74)56(58,59)60)61-43(37-79-49-11-5-4-6-12-49)23-27-62-28-24-47(25-29-62)76-78(70,71)72/h4-7,9-22,35-36,38,43,47,61H,8,23-34,37H2,1-3H3,(H,67,68)(H2,70,71,72)/t43-,77?/m1/s1. The third-order valence-corrected chi connectivity index (χ3v) is 20.8. The number of likely N-dealkylation sites (tertiary alicyclic amines) is 1. The number of phosphoric acid groups is 1. The molecule has 6 aromatic rings. The molecule has 24 heteroatoms. The number of piperidine rings is 1. The summed E-state index contributed by atoms with van der Waals surface area (Å²) in [5.74, 6) is -0.678. The van der Waals surface area contributed by atoms with Crippen LogP contribution >= 0.6 is 38.7 Å². The molecule has 0 saturated carbocycles. The van der Waals surface area contributed by atoms with Crippen molar-refractivity contribution in [1.82, 2.24) is 9.47 Å². The average Bonchev–Trinajstić information content (AvgIpc) is 3.87. The molecule has 1 aromatic heterocycles. The number of carboxylic acid groups (broad SMARTS) is 1. The summed E-state index contributed by atoms with van der Waals surface area (Å²) < 4.78 is 112. The van der Waals surface area contributed by atoms with Crippen molar-refractivity contribution in [3.8, 4) is 22.4 Å². The highest BCUT2D eigenvalue weighted by atomic mass is 35.5. The van der Waals surface area contributed by atoms with E-state index in [1.807, 2.05) is 99.6 Å². The summed E-state index contributed by atoms with van der Waals surface area (Å²) >= 11 is 7.72. The number of nitrogens with zero attached hydrogens (tertiary/aromatic N) is 5. The lowest BCUT2D eigenvalue weighted by molar-refractivity contribution is -0.0435. The van der Waals surface area contributed by atoms with Crippen molar-refractivity contribution < 1.29 is 59.5 Å². The molecule has 3 aliphatic heterocycles. The number of benzene rings is 5. The maximum atomic E-state index is 15.2. The molecule has 80 heavy (non-hydrogen) atoms. The van der Waals surface area contributed by atoms with Gasteiger partial charge < -0.3 is 44.0 Å². The number of carboxylic acids is 1. The number of piperazine rings is 1. The van der Waals surface area contributed by atoms with Gasteiger partial charge in [-0.1, -0.05) is 54.1 Å². The molecule has 0 spiro atoms. The number of sulfone groups is 1. The predicted molar refractivity (Wildman–Crippen MR) is 310 cm³/mol.